The summed E-state index contributed by atoms with van der Waals surface area (Å²) in [7, 11) is 0. The minimum absolute atomic E-state index is 0.164. The second kappa shape index (κ2) is 8.93. The third-order valence-corrected chi connectivity index (χ3v) is 5.89. The number of rotatable bonds is 6. The summed E-state index contributed by atoms with van der Waals surface area (Å²) in [5.74, 6) is 1.47. The van der Waals surface area contributed by atoms with Crippen molar-refractivity contribution in [3.8, 4) is 5.75 Å². The highest BCUT2D eigenvalue weighted by molar-refractivity contribution is 6.32. The first-order valence-corrected chi connectivity index (χ1v) is 11.0. The molecule has 2 unspecified atom stereocenters. The average molecular weight is 440 g/mol. The van der Waals surface area contributed by atoms with Crippen molar-refractivity contribution in [1.82, 2.24) is 4.90 Å². The summed E-state index contributed by atoms with van der Waals surface area (Å²) in [6.07, 6.45) is 1.83. The number of carbonyl (C=O) groups excluding carboxylic acids is 1. The van der Waals surface area contributed by atoms with Crippen molar-refractivity contribution in [3.63, 3.8) is 0 Å². The molecule has 168 valence electrons. The van der Waals surface area contributed by atoms with Crippen molar-refractivity contribution >= 4 is 17.7 Å². The van der Waals surface area contributed by atoms with Crippen LogP contribution < -0.4 is 4.74 Å². The van der Waals surface area contributed by atoms with Crippen LogP contribution >= 0.6 is 11.6 Å². The summed E-state index contributed by atoms with van der Waals surface area (Å²) in [5, 5.41) is 10.4. The van der Waals surface area contributed by atoms with Crippen LogP contribution in [0, 0.1) is 11.8 Å². The molecule has 0 aromatic heterocycles. The number of carbonyl (C=O) groups is 1. The van der Waals surface area contributed by atoms with Gasteiger partial charge < -0.3 is 24.2 Å². The first-order valence-electron chi connectivity index (χ1n) is 10.6. The van der Waals surface area contributed by atoms with Gasteiger partial charge in [0.25, 0.3) is 0 Å². The Hall–Kier alpha value is -1.50. The van der Waals surface area contributed by atoms with Gasteiger partial charge in [-0.1, -0.05) is 23.7 Å². The van der Waals surface area contributed by atoms with Crippen LogP contribution in [0.1, 0.15) is 53.0 Å². The molecule has 2 aliphatic rings. The zero-order chi connectivity index (χ0) is 22.1. The predicted octanol–water partition coefficient (Wildman–Crippen LogP) is 4.65. The number of likely N-dealkylation sites (tertiary alicyclic amines) is 1. The lowest BCUT2D eigenvalue weighted by atomic mass is 10.0. The number of aliphatic hydroxyl groups is 1. The van der Waals surface area contributed by atoms with Crippen molar-refractivity contribution in [2.45, 2.75) is 71.4 Å². The second-order valence-corrected chi connectivity index (χ2v) is 10.5. The Balaban J connectivity index is 1.49. The van der Waals surface area contributed by atoms with Gasteiger partial charge in [0, 0.05) is 18.7 Å². The van der Waals surface area contributed by atoms with E-state index in [1.807, 2.05) is 37.8 Å². The normalized spacial score (nSPS) is 24.1. The Morgan fingerprint density at radius 2 is 1.80 bits per heavy atom. The summed E-state index contributed by atoms with van der Waals surface area (Å²) >= 11 is 6.48. The highest BCUT2D eigenvalue weighted by Crippen LogP contribution is 2.40. The van der Waals surface area contributed by atoms with Crippen LogP contribution in [0.5, 0.6) is 5.75 Å². The summed E-state index contributed by atoms with van der Waals surface area (Å²) in [4.78, 5) is 14.1. The molecule has 1 heterocycles. The minimum Gasteiger partial charge on any atom is -0.489 e. The first kappa shape index (κ1) is 23.2. The Labute approximate surface area is 184 Å². The van der Waals surface area contributed by atoms with Gasteiger partial charge in [-0.05, 0) is 65.4 Å². The number of nitrogens with zero attached hydrogens (tertiary/aromatic N) is 1. The van der Waals surface area contributed by atoms with Crippen LogP contribution in [0.15, 0.2) is 18.2 Å². The molecule has 1 N–H and O–H groups in total. The van der Waals surface area contributed by atoms with E-state index in [-0.39, 0.29) is 18.8 Å². The predicted molar refractivity (Wildman–Crippen MR) is 116 cm³/mol. The Kier molecular flexibility index (Phi) is 6.90. The van der Waals surface area contributed by atoms with Crippen LogP contribution in [0.4, 0.5) is 4.79 Å². The molecule has 1 aliphatic carbocycles. The molecule has 3 atom stereocenters. The van der Waals surface area contributed by atoms with Crippen LogP contribution in [-0.2, 0) is 16.1 Å². The van der Waals surface area contributed by atoms with E-state index in [4.69, 9.17) is 25.8 Å². The summed E-state index contributed by atoms with van der Waals surface area (Å²) < 4.78 is 17.3. The molecule has 1 aromatic rings. The van der Waals surface area contributed by atoms with Gasteiger partial charge in [-0.15, -0.1) is 0 Å². The minimum atomic E-state index is -0.926. The SMILES string of the molecule is CC(C)(O)COc1cccc(COC2CC3CN(C(=O)OC(C)(C)C)C[C@@H]3C2)c1Cl. The summed E-state index contributed by atoms with van der Waals surface area (Å²) in [6, 6.07) is 5.61. The fourth-order valence-electron chi connectivity index (χ4n) is 4.10. The molecule has 30 heavy (non-hydrogen) atoms. The van der Waals surface area contributed by atoms with Gasteiger partial charge >= 0.3 is 6.09 Å². The fourth-order valence-corrected chi connectivity index (χ4v) is 4.33. The number of hydrogen-bond acceptors (Lipinski definition) is 5. The quantitative estimate of drug-likeness (QED) is 0.698. The largest absolute Gasteiger partial charge is 0.489 e. The van der Waals surface area contributed by atoms with E-state index in [1.54, 1.807) is 19.9 Å². The number of benzene rings is 1. The molecule has 3 rings (SSSR count). The van der Waals surface area contributed by atoms with E-state index in [9.17, 15) is 9.90 Å². The van der Waals surface area contributed by atoms with Crippen molar-refractivity contribution in [1.29, 1.82) is 0 Å². The van der Waals surface area contributed by atoms with Gasteiger partial charge in [0.2, 0.25) is 0 Å². The van der Waals surface area contributed by atoms with E-state index in [0.717, 1.165) is 31.5 Å². The molecule has 0 bridgehead atoms. The smallest absolute Gasteiger partial charge is 0.410 e. The van der Waals surface area contributed by atoms with Gasteiger partial charge in [-0.2, -0.15) is 0 Å². The molecule has 0 spiro atoms. The number of halogens is 1. The summed E-state index contributed by atoms with van der Waals surface area (Å²) in [6.45, 7) is 11.1. The van der Waals surface area contributed by atoms with Crippen LogP contribution in [0.25, 0.3) is 0 Å². The van der Waals surface area contributed by atoms with Gasteiger partial charge in [0.15, 0.2) is 0 Å². The van der Waals surface area contributed by atoms with E-state index in [0.29, 0.717) is 29.2 Å². The van der Waals surface area contributed by atoms with Gasteiger partial charge in [0.05, 0.1) is 23.3 Å². The lowest BCUT2D eigenvalue weighted by Gasteiger charge is -2.25. The number of ether oxygens (including phenoxy) is 3. The molecule has 1 saturated heterocycles. The van der Waals surface area contributed by atoms with Crippen LogP contribution in [-0.4, -0.2) is 53.1 Å². The molecule has 7 heteroatoms. The van der Waals surface area contributed by atoms with E-state index in [1.165, 1.54) is 0 Å². The van der Waals surface area contributed by atoms with Crippen LogP contribution in [0.3, 0.4) is 0 Å². The Bertz CT molecular complexity index is 741. The maximum atomic E-state index is 12.3. The van der Waals surface area contributed by atoms with Crippen molar-refractivity contribution in [3.05, 3.63) is 28.8 Å². The van der Waals surface area contributed by atoms with E-state index in [2.05, 4.69) is 0 Å². The average Bonchev–Trinajstić information content (AvgIpc) is 3.16. The van der Waals surface area contributed by atoms with Gasteiger partial charge in [-0.3, -0.25) is 0 Å². The maximum absolute atomic E-state index is 12.3. The lowest BCUT2D eigenvalue weighted by molar-refractivity contribution is 0.0201. The van der Waals surface area contributed by atoms with Crippen molar-refractivity contribution < 1.29 is 24.1 Å². The Morgan fingerprint density at radius 1 is 1.17 bits per heavy atom. The second-order valence-electron chi connectivity index (χ2n) is 10.1. The van der Waals surface area contributed by atoms with Crippen LogP contribution in [0.2, 0.25) is 5.02 Å². The third kappa shape index (κ3) is 6.25. The van der Waals surface area contributed by atoms with E-state index < -0.39 is 11.2 Å². The number of amides is 1. The maximum Gasteiger partial charge on any atom is 0.410 e. The summed E-state index contributed by atoms with van der Waals surface area (Å²) in [5.41, 5.74) is -0.521. The monoisotopic (exact) mass is 439 g/mol. The van der Waals surface area contributed by atoms with Gasteiger partial charge in [-0.25, -0.2) is 4.79 Å². The Morgan fingerprint density at radius 3 is 2.37 bits per heavy atom. The van der Waals surface area contributed by atoms with Crippen molar-refractivity contribution in [2.75, 3.05) is 19.7 Å². The molecule has 6 nitrogen and oxygen atoms in total. The molecular formula is C23H34ClNO5. The number of hydrogen-bond donors (Lipinski definition) is 1. The molecule has 2 fully saturated rings. The zero-order valence-corrected chi connectivity index (χ0v) is 19.4. The van der Waals surface area contributed by atoms with Crippen molar-refractivity contribution in [2.24, 2.45) is 11.8 Å². The third-order valence-electron chi connectivity index (χ3n) is 5.46. The fraction of sp³-hybridized carbons (Fsp3) is 0.696. The molecule has 1 aliphatic heterocycles. The number of fused-ring (bicyclic) bond motifs is 1. The zero-order valence-electron chi connectivity index (χ0n) is 18.6. The topological polar surface area (TPSA) is 68.2 Å². The molecular weight excluding hydrogens is 406 g/mol. The lowest BCUT2D eigenvalue weighted by Crippen LogP contribution is -2.36. The standard InChI is InChI=1S/C23H34ClNO5/c1-22(2,3)30-21(26)25-11-16-9-18(10-17(16)12-25)28-13-15-7-6-8-19(20(15)24)29-14-23(4,5)27/h6-8,16-18,27H,9-14H2,1-5H3/t16-,17?,18?/m0/s1. The highest BCUT2D eigenvalue weighted by atomic mass is 35.5. The van der Waals surface area contributed by atoms with E-state index >= 15 is 0 Å². The molecule has 0 radical (unpaired) electrons. The van der Waals surface area contributed by atoms with Gasteiger partial charge in [0.1, 0.15) is 18.0 Å². The molecule has 1 amide bonds. The first-order chi connectivity index (χ1) is 13.9. The molecule has 1 aromatic carbocycles. The molecule has 1 saturated carbocycles. The highest BCUT2D eigenvalue weighted by Gasteiger charge is 2.43.